The lowest BCUT2D eigenvalue weighted by atomic mass is 10.1. The summed E-state index contributed by atoms with van der Waals surface area (Å²) < 4.78 is 3.46. The minimum absolute atomic E-state index is 0.183. The average molecular weight is 295 g/mol. The zero-order valence-corrected chi connectivity index (χ0v) is 12.5. The molecule has 0 aliphatic carbocycles. The van der Waals surface area contributed by atoms with Gasteiger partial charge in [0.15, 0.2) is 0 Å². The van der Waals surface area contributed by atoms with Gasteiger partial charge < -0.3 is 9.88 Å². The van der Waals surface area contributed by atoms with Crippen LogP contribution in [0, 0.1) is 0 Å². The second-order valence-electron chi connectivity index (χ2n) is 5.05. The molecular formula is C16H17N5O. The van der Waals surface area contributed by atoms with Crippen molar-refractivity contribution in [3.63, 3.8) is 0 Å². The van der Waals surface area contributed by atoms with E-state index < -0.39 is 0 Å². The smallest absolute Gasteiger partial charge is 0.270 e. The Balaban J connectivity index is 1.95. The van der Waals surface area contributed by atoms with E-state index in [9.17, 15) is 4.79 Å². The van der Waals surface area contributed by atoms with Crippen LogP contribution < -0.4 is 5.32 Å². The van der Waals surface area contributed by atoms with Gasteiger partial charge in [-0.3, -0.25) is 9.48 Å². The molecule has 0 aliphatic rings. The van der Waals surface area contributed by atoms with Crippen LogP contribution in [0.25, 0.3) is 0 Å². The Morgan fingerprint density at radius 2 is 1.91 bits per heavy atom. The van der Waals surface area contributed by atoms with Gasteiger partial charge in [-0.1, -0.05) is 30.3 Å². The van der Waals surface area contributed by atoms with Crippen molar-refractivity contribution in [2.75, 3.05) is 0 Å². The third-order valence-electron chi connectivity index (χ3n) is 3.58. The Hall–Kier alpha value is -2.89. The molecule has 6 nitrogen and oxygen atoms in total. The molecule has 1 aromatic carbocycles. The van der Waals surface area contributed by atoms with Gasteiger partial charge in [0.2, 0.25) is 0 Å². The first-order valence-corrected chi connectivity index (χ1v) is 6.98. The molecule has 3 rings (SSSR count). The van der Waals surface area contributed by atoms with Crippen molar-refractivity contribution in [1.29, 1.82) is 0 Å². The third kappa shape index (κ3) is 2.63. The van der Waals surface area contributed by atoms with Gasteiger partial charge in [-0.05, 0) is 11.6 Å². The number of rotatable bonds is 4. The first kappa shape index (κ1) is 14.1. The molecule has 112 valence electrons. The molecule has 22 heavy (non-hydrogen) atoms. The minimum Gasteiger partial charge on any atom is -0.337 e. The second kappa shape index (κ2) is 5.85. The molecular weight excluding hydrogens is 278 g/mol. The average Bonchev–Trinajstić information content (AvgIpc) is 3.14. The Bertz CT molecular complexity index is 775. The lowest BCUT2D eigenvalue weighted by Crippen LogP contribution is -2.32. The first-order valence-electron chi connectivity index (χ1n) is 6.98. The van der Waals surface area contributed by atoms with Crippen LogP contribution in [0.3, 0.4) is 0 Å². The first-order chi connectivity index (χ1) is 10.7. The van der Waals surface area contributed by atoms with Gasteiger partial charge in [-0.15, -0.1) is 0 Å². The van der Waals surface area contributed by atoms with Gasteiger partial charge in [0.1, 0.15) is 17.6 Å². The fourth-order valence-electron chi connectivity index (χ4n) is 2.40. The monoisotopic (exact) mass is 295 g/mol. The van der Waals surface area contributed by atoms with Crippen molar-refractivity contribution in [2.45, 2.75) is 6.04 Å². The normalized spacial score (nSPS) is 12.1. The highest BCUT2D eigenvalue weighted by molar-refractivity contribution is 5.92. The summed E-state index contributed by atoms with van der Waals surface area (Å²) in [5.41, 5.74) is 1.49. The molecule has 2 heterocycles. The number of imidazole rings is 1. The number of hydrogen-bond acceptors (Lipinski definition) is 3. The predicted octanol–water partition coefficient (Wildman–Crippen LogP) is 1.67. The van der Waals surface area contributed by atoms with Gasteiger partial charge in [-0.25, -0.2) is 4.98 Å². The number of hydrogen-bond donors (Lipinski definition) is 1. The van der Waals surface area contributed by atoms with E-state index in [1.807, 2.05) is 48.1 Å². The Kier molecular flexibility index (Phi) is 3.74. The molecule has 0 unspecified atom stereocenters. The standard InChI is InChI=1S/C16H17N5O/c1-20-11-10-17-15(20)14(12-6-4-3-5-7-12)19-16(22)13-8-9-18-21(13)2/h3-11,14H,1-2H3,(H,19,22)/t14-/m1/s1. The molecule has 0 bridgehead atoms. The summed E-state index contributed by atoms with van der Waals surface area (Å²) in [7, 11) is 3.65. The summed E-state index contributed by atoms with van der Waals surface area (Å²) in [5.74, 6) is 0.596. The highest BCUT2D eigenvalue weighted by atomic mass is 16.2. The summed E-state index contributed by atoms with van der Waals surface area (Å²) in [6.07, 6.45) is 5.19. The van der Waals surface area contributed by atoms with E-state index in [0.717, 1.165) is 11.4 Å². The van der Waals surface area contributed by atoms with Gasteiger partial charge >= 0.3 is 0 Å². The molecule has 0 radical (unpaired) electrons. The van der Waals surface area contributed by atoms with E-state index in [0.29, 0.717) is 5.69 Å². The highest BCUT2D eigenvalue weighted by Crippen LogP contribution is 2.20. The van der Waals surface area contributed by atoms with Crippen LogP contribution >= 0.6 is 0 Å². The van der Waals surface area contributed by atoms with Gasteiger partial charge in [0.25, 0.3) is 5.91 Å². The van der Waals surface area contributed by atoms with E-state index in [1.54, 1.807) is 30.2 Å². The van der Waals surface area contributed by atoms with Crippen LogP contribution in [0.1, 0.15) is 27.9 Å². The number of nitrogens with zero attached hydrogens (tertiary/aromatic N) is 4. The summed E-state index contributed by atoms with van der Waals surface area (Å²) >= 11 is 0. The lowest BCUT2D eigenvalue weighted by molar-refractivity contribution is 0.0931. The molecule has 1 N–H and O–H groups in total. The topological polar surface area (TPSA) is 64.7 Å². The van der Waals surface area contributed by atoms with Crippen LogP contribution in [0.15, 0.2) is 55.0 Å². The maximum atomic E-state index is 12.5. The van der Waals surface area contributed by atoms with Crippen molar-refractivity contribution in [3.05, 3.63) is 72.1 Å². The number of amides is 1. The SMILES string of the molecule is Cn1ccnc1[C@H](NC(=O)c1ccnn1C)c1ccccc1. The Morgan fingerprint density at radius 3 is 2.50 bits per heavy atom. The Morgan fingerprint density at radius 1 is 1.14 bits per heavy atom. The van der Waals surface area contributed by atoms with Crippen LogP contribution in [0.4, 0.5) is 0 Å². The number of aromatic nitrogens is 4. The van der Waals surface area contributed by atoms with Gasteiger partial charge in [-0.2, -0.15) is 5.10 Å². The van der Waals surface area contributed by atoms with Crippen molar-refractivity contribution < 1.29 is 4.79 Å². The van der Waals surface area contributed by atoms with E-state index in [2.05, 4.69) is 15.4 Å². The largest absolute Gasteiger partial charge is 0.337 e. The van der Waals surface area contributed by atoms with E-state index in [4.69, 9.17) is 0 Å². The number of aryl methyl sites for hydroxylation is 2. The predicted molar refractivity (Wildman–Crippen MR) is 82.2 cm³/mol. The summed E-state index contributed by atoms with van der Waals surface area (Å²) in [4.78, 5) is 16.9. The van der Waals surface area contributed by atoms with Gasteiger partial charge in [0.05, 0.1) is 0 Å². The van der Waals surface area contributed by atoms with E-state index in [1.165, 1.54) is 0 Å². The molecule has 6 heteroatoms. The highest BCUT2D eigenvalue weighted by Gasteiger charge is 2.22. The van der Waals surface area contributed by atoms with E-state index >= 15 is 0 Å². The van der Waals surface area contributed by atoms with Gasteiger partial charge in [0, 0.05) is 32.7 Å². The zero-order chi connectivity index (χ0) is 15.5. The summed E-state index contributed by atoms with van der Waals surface area (Å²) in [6.45, 7) is 0. The van der Waals surface area contributed by atoms with Crippen molar-refractivity contribution in [3.8, 4) is 0 Å². The third-order valence-corrected chi connectivity index (χ3v) is 3.58. The molecule has 1 atom stereocenters. The molecule has 0 saturated carbocycles. The van der Waals surface area contributed by atoms with Crippen molar-refractivity contribution >= 4 is 5.91 Å². The summed E-state index contributed by atoms with van der Waals surface area (Å²) in [6, 6.07) is 11.2. The number of carbonyl (C=O) groups excluding carboxylic acids is 1. The molecule has 0 spiro atoms. The fraction of sp³-hybridized carbons (Fsp3) is 0.188. The van der Waals surface area contributed by atoms with Crippen LogP contribution in [0.5, 0.6) is 0 Å². The minimum atomic E-state index is -0.316. The second-order valence-corrected chi connectivity index (χ2v) is 5.05. The molecule has 0 saturated heterocycles. The fourth-order valence-corrected chi connectivity index (χ4v) is 2.40. The molecule has 1 amide bonds. The lowest BCUT2D eigenvalue weighted by Gasteiger charge is -2.19. The Labute approximate surface area is 128 Å². The number of benzene rings is 1. The van der Waals surface area contributed by atoms with Crippen LogP contribution in [0.2, 0.25) is 0 Å². The molecule has 0 fully saturated rings. The molecule has 3 aromatic rings. The van der Waals surface area contributed by atoms with Crippen molar-refractivity contribution in [1.82, 2.24) is 24.6 Å². The molecule has 2 aromatic heterocycles. The summed E-state index contributed by atoms with van der Waals surface area (Å²) in [5, 5.41) is 7.07. The maximum absolute atomic E-state index is 12.5. The van der Waals surface area contributed by atoms with Crippen LogP contribution in [-0.2, 0) is 14.1 Å². The molecule has 0 aliphatic heterocycles. The van der Waals surface area contributed by atoms with E-state index in [-0.39, 0.29) is 11.9 Å². The zero-order valence-electron chi connectivity index (χ0n) is 12.5. The van der Waals surface area contributed by atoms with Crippen molar-refractivity contribution in [2.24, 2.45) is 14.1 Å². The van der Waals surface area contributed by atoms with Crippen LogP contribution in [-0.4, -0.2) is 25.2 Å². The number of nitrogens with one attached hydrogen (secondary N) is 1. The quantitative estimate of drug-likeness (QED) is 0.796. The number of carbonyl (C=O) groups is 1. The maximum Gasteiger partial charge on any atom is 0.270 e.